The first-order chi connectivity index (χ1) is 17.8. The molecule has 194 valence electrons. The second-order valence-corrected chi connectivity index (χ2v) is 9.69. The van der Waals surface area contributed by atoms with Crippen molar-refractivity contribution in [3.05, 3.63) is 59.7 Å². The fraction of sp³-hybridized carbons (Fsp3) is 0.407. The van der Waals surface area contributed by atoms with Gasteiger partial charge in [-0.2, -0.15) is 0 Å². The molecule has 1 aliphatic heterocycles. The average Bonchev–Trinajstić information content (AvgIpc) is 3.22. The van der Waals surface area contributed by atoms with Gasteiger partial charge in [0.15, 0.2) is 11.6 Å². The summed E-state index contributed by atoms with van der Waals surface area (Å²) in [5.74, 6) is 0.301. The van der Waals surface area contributed by atoms with E-state index in [4.69, 9.17) is 4.98 Å². The molecule has 1 N–H and O–H groups in total. The summed E-state index contributed by atoms with van der Waals surface area (Å²) >= 11 is 0. The van der Waals surface area contributed by atoms with E-state index in [9.17, 15) is 8.78 Å². The van der Waals surface area contributed by atoms with E-state index < -0.39 is 11.6 Å². The number of halogens is 2. The highest BCUT2D eigenvalue weighted by Gasteiger charge is 2.19. The molecule has 1 fully saturated rings. The quantitative estimate of drug-likeness (QED) is 0.381. The van der Waals surface area contributed by atoms with Crippen LogP contribution in [-0.2, 0) is 6.54 Å². The van der Waals surface area contributed by atoms with Gasteiger partial charge in [-0.3, -0.25) is 4.90 Å². The van der Waals surface area contributed by atoms with Crippen molar-refractivity contribution >= 4 is 22.8 Å². The number of benzene rings is 1. The van der Waals surface area contributed by atoms with Gasteiger partial charge in [0.1, 0.15) is 22.9 Å². The lowest BCUT2D eigenvalue weighted by Gasteiger charge is -2.33. The fourth-order valence-corrected chi connectivity index (χ4v) is 4.93. The maximum absolute atomic E-state index is 15.0. The number of piperazine rings is 1. The maximum atomic E-state index is 15.0. The molecule has 37 heavy (non-hydrogen) atoms. The van der Waals surface area contributed by atoms with Crippen molar-refractivity contribution in [2.24, 2.45) is 0 Å². The van der Waals surface area contributed by atoms with Crippen LogP contribution in [0.1, 0.15) is 38.3 Å². The minimum atomic E-state index is -0.635. The molecule has 8 nitrogen and oxygen atoms in total. The third kappa shape index (κ3) is 5.30. The van der Waals surface area contributed by atoms with Gasteiger partial charge in [-0.15, -0.1) is 0 Å². The molecule has 10 heteroatoms. The number of rotatable bonds is 7. The summed E-state index contributed by atoms with van der Waals surface area (Å²) in [6, 6.07) is 8.81. The van der Waals surface area contributed by atoms with Gasteiger partial charge in [0.25, 0.3) is 0 Å². The number of fused-ring (bicyclic) bond motifs is 1. The largest absolute Gasteiger partial charge is 0.326 e. The molecule has 4 aromatic rings. The van der Waals surface area contributed by atoms with Crippen molar-refractivity contribution in [1.82, 2.24) is 34.3 Å². The third-order valence-corrected chi connectivity index (χ3v) is 6.80. The van der Waals surface area contributed by atoms with Gasteiger partial charge in [-0.1, -0.05) is 13.0 Å². The molecule has 5 rings (SSSR count). The number of nitrogens with zero attached hydrogens (tertiary/aromatic N) is 7. The number of aryl methyl sites for hydroxylation is 1. The minimum Gasteiger partial charge on any atom is -0.326 e. The molecule has 0 saturated carbocycles. The summed E-state index contributed by atoms with van der Waals surface area (Å²) in [4.78, 5) is 22.4. The van der Waals surface area contributed by atoms with Gasteiger partial charge in [0.2, 0.25) is 5.95 Å². The number of nitrogens with one attached hydrogen (secondary N) is 1. The Kier molecular flexibility index (Phi) is 7.12. The summed E-state index contributed by atoms with van der Waals surface area (Å²) < 4.78 is 31.7. The predicted octanol–water partition coefficient (Wildman–Crippen LogP) is 4.94. The molecule has 1 aliphatic rings. The van der Waals surface area contributed by atoms with Gasteiger partial charge in [-0.25, -0.2) is 28.7 Å². The molecule has 0 bridgehead atoms. The van der Waals surface area contributed by atoms with Crippen LogP contribution in [0.2, 0.25) is 0 Å². The van der Waals surface area contributed by atoms with E-state index in [1.807, 2.05) is 43.5 Å². The summed E-state index contributed by atoms with van der Waals surface area (Å²) in [5, 5.41) is 3.08. The standard InChI is InChI=1S/C27H32F2N8/c1-5-35-9-11-36(12-10-35)16-20-7-6-8-24(32-20)33-27-30-15-22(29)25(34-27)19-13-21(28)26-23(14-19)37(17(2)3)18(4)31-26/h6-8,13-15,17H,5,9-12,16H2,1-4H3,(H,30,32,33,34). The number of aromatic nitrogens is 5. The van der Waals surface area contributed by atoms with E-state index in [2.05, 4.69) is 37.0 Å². The Morgan fingerprint density at radius 2 is 1.73 bits per heavy atom. The summed E-state index contributed by atoms with van der Waals surface area (Å²) in [5.41, 5.74) is 2.13. The highest BCUT2D eigenvalue weighted by molar-refractivity contribution is 5.83. The Labute approximate surface area is 215 Å². The Balaban J connectivity index is 1.39. The number of hydrogen-bond acceptors (Lipinski definition) is 7. The van der Waals surface area contributed by atoms with Crippen LogP contribution in [0, 0.1) is 18.6 Å². The van der Waals surface area contributed by atoms with Crippen molar-refractivity contribution in [2.75, 3.05) is 38.0 Å². The highest BCUT2D eigenvalue weighted by Crippen LogP contribution is 2.30. The highest BCUT2D eigenvalue weighted by atomic mass is 19.1. The maximum Gasteiger partial charge on any atom is 0.229 e. The number of pyridine rings is 1. The van der Waals surface area contributed by atoms with Gasteiger partial charge < -0.3 is 14.8 Å². The first-order valence-corrected chi connectivity index (χ1v) is 12.7. The van der Waals surface area contributed by atoms with E-state index in [1.54, 1.807) is 6.07 Å². The van der Waals surface area contributed by atoms with Crippen molar-refractivity contribution < 1.29 is 8.78 Å². The summed E-state index contributed by atoms with van der Waals surface area (Å²) in [6.45, 7) is 14.0. The SMILES string of the molecule is CCN1CCN(Cc2cccc(Nc3ncc(F)c(-c4cc(F)c5nc(C)n(C(C)C)c5c4)n3)n2)CC1. The molecule has 4 heterocycles. The zero-order valence-corrected chi connectivity index (χ0v) is 21.7. The topological polar surface area (TPSA) is 75.0 Å². The molecular weight excluding hydrogens is 474 g/mol. The van der Waals surface area contributed by atoms with Crippen LogP contribution in [-0.4, -0.2) is 67.0 Å². The average molecular weight is 507 g/mol. The lowest BCUT2D eigenvalue weighted by molar-refractivity contribution is 0.131. The smallest absolute Gasteiger partial charge is 0.229 e. The van der Waals surface area contributed by atoms with Crippen molar-refractivity contribution in [1.29, 1.82) is 0 Å². The molecule has 0 spiro atoms. The number of hydrogen-bond donors (Lipinski definition) is 1. The molecule has 1 aromatic carbocycles. The zero-order valence-electron chi connectivity index (χ0n) is 21.7. The van der Waals surface area contributed by atoms with Gasteiger partial charge in [0, 0.05) is 44.3 Å². The Morgan fingerprint density at radius 1 is 0.973 bits per heavy atom. The van der Waals surface area contributed by atoms with E-state index in [-0.39, 0.29) is 23.2 Å². The lowest BCUT2D eigenvalue weighted by Crippen LogP contribution is -2.45. The second-order valence-electron chi connectivity index (χ2n) is 9.69. The molecule has 0 atom stereocenters. The monoisotopic (exact) mass is 506 g/mol. The molecular formula is C27H32F2N8. The normalized spacial score (nSPS) is 15.1. The van der Waals surface area contributed by atoms with E-state index in [0.29, 0.717) is 22.7 Å². The predicted molar refractivity (Wildman–Crippen MR) is 141 cm³/mol. The van der Waals surface area contributed by atoms with E-state index >= 15 is 0 Å². The molecule has 1 saturated heterocycles. The van der Waals surface area contributed by atoms with Crippen molar-refractivity contribution in [3.63, 3.8) is 0 Å². The minimum absolute atomic E-state index is 0.0115. The van der Waals surface area contributed by atoms with Crippen LogP contribution in [0.4, 0.5) is 20.5 Å². The van der Waals surface area contributed by atoms with Crippen LogP contribution in [0.25, 0.3) is 22.3 Å². The Bertz CT molecular complexity index is 1410. The first-order valence-electron chi connectivity index (χ1n) is 12.7. The molecule has 0 radical (unpaired) electrons. The van der Waals surface area contributed by atoms with Crippen LogP contribution in [0.15, 0.2) is 36.5 Å². The van der Waals surface area contributed by atoms with Gasteiger partial charge in [0.05, 0.1) is 17.4 Å². The number of anilines is 2. The summed E-state index contributed by atoms with van der Waals surface area (Å²) in [6.07, 6.45) is 1.09. The lowest BCUT2D eigenvalue weighted by atomic mass is 10.1. The molecule has 3 aromatic heterocycles. The number of likely N-dealkylation sites (N-methyl/N-ethyl adjacent to an activating group) is 1. The van der Waals surface area contributed by atoms with E-state index in [1.165, 1.54) is 6.07 Å². The zero-order chi connectivity index (χ0) is 26.1. The number of imidazole rings is 1. The second kappa shape index (κ2) is 10.5. The Hall–Kier alpha value is -3.50. The van der Waals surface area contributed by atoms with Gasteiger partial charge in [-0.05, 0) is 51.6 Å². The van der Waals surface area contributed by atoms with Gasteiger partial charge >= 0.3 is 0 Å². The van der Waals surface area contributed by atoms with Crippen molar-refractivity contribution in [2.45, 2.75) is 40.3 Å². The van der Waals surface area contributed by atoms with Crippen LogP contribution < -0.4 is 5.32 Å². The fourth-order valence-electron chi connectivity index (χ4n) is 4.93. The van der Waals surface area contributed by atoms with Crippen LogP contribution >= 0.6 is 0 Å². The Morgan fingerprint density at radius 3 is 2.46 bits per heavy atom. The van der Waals surface area contributed by atoms with Crippen LogP contribution in [0.3, 0.4) is 0 Å². The third-order valence-electron chi connectivity index (χ3n) is 6.80. The first kappa shape index (κ1) is 25.2. The van der Waals surface area contributed by atoms with Crippen LogP contribution in [0.5, 0.6) is 0 Å². The molecule has 0 amide bonds. The van der Waals surface area contributed by atoms with E-state index in [0.717, 1.165) is 51.2 Å². The molecule has 0 unspecified atom stereocenters. The summed E-state index contributed by atoms with van der Waals surface area (Å²) in [7, 11) is 0. The molecule has 0 aliphatic carbocycles. The van der Waals surface area contributed by atoms with Crippen molar-refractivity contribution in [3.8, 4) is 11.3 Å².